The third kappa shape index (κ3) is 4.94. The van der Waals surface area contributed by atoms with Gasteiger partial charge in [-0.3, -0.25) is 4.79 Å². The molecule has 144 valence electrons. The summed E-state index contributed by atoms with van der Waals surface area (Å²) in [5.74, 6) is 1.75. The lowest BCUT2D eigenvalue weighted by Gasteiger charge is -2.12. The standard InChI is InChI=1S/C20H21N5O3/c1-3-27-17-10-14(11-26)6-9-16(17)28-12-18-23-19(21)25-20(24-18)22-15-7-4-13(2)5-8-15/h4-11H,3,12H2,1-2H3,(H3,21,22,23,24,25). The largest absolute Gasteiger partial charge is 0.490 e. The number of carbonyl (C=O) groups is 1. The van der Waals surface area contributed by atoms with Crippen LogP contribution in [-0.2, 0) is 6.61 Å². The maximum atomic E-state index is 11.0. The number of rotatable bonds is 8. The van der Waals surface area contributed by atoms with Crippen LogP contribution < -0.4 is 20.5 Å². The summed E-state index contributed by atoms with van der Waals surface area (Å²) in [6, 6.07) is 12.8. The van der Waals surface area contributed by atoms with E-state index in [1.54, 1.807) is 18.2 Å². The van der Waals surface area contributed by atoms with Crippen molar-refractivity contribution >= 4 is 23.9 Å². The summed E-state index contributed by atoms with van der Waals surface area (Å²) in [4.78, 5) is 23.5. The lowest BCUT2D eigenvalue weighted by molar-refractivity contribution is 0.112. The van der Waals surface area contributed by atoms with Gasteiger partial charge in [0, 0.05) is 11.3 Å². The van der Waals surface area contributed by atoms with Crippen molar-refractivity contribution in [3.05, 3.63) is 59.4 Å². The van der Waals surface area contributed by atoms with E-state index in [4.69, 9.17) is 15.2 Å². The highest BCUT2D eigenvalue weighted by atomic mass is 16.5. The van der Waals surface area contributed by atoms with Crippen LogP contribution in [-0.4, -0.2) is 27.8 Å². The van der Waals surface area contributed by atoms with Crippen molar-refractivity contribution < 1.29 is 14.3 Å². The summed E-state index contributed by atoms with van der Waals surface area (Å²) >= 11 is 0. The summed E-state index contributed by atoms with van der Waals surface area (Å²) < 4.78 is 11.3. The Labute approximate surface area is 162 Å². The van der Waals surface area contributed by atoms with E-state index >= 15 is 0 Å². The molecule has 3 rings (SSSR count). The predicted octanol–water partition coefficient (Wildman–Crippen LogP) is 3.30. The zero-order chi connectivity index (χ0) is 19.9. The van der Waals surface area contributed by atoms with Gasteiger partial charge in [-0.25, -0.2) is 0 Å². The average Bonchev–Trinajstić information content (AvgIpc) is 2.68. The number of hydrogen-bond acceptors (Lipinski definition) is 8. The molecule has 0 unspecified atom stereocenters. The highest BCUT2D eigenvalue weighted by Gasteiger charge is 2.10. The van der Waals surface area contributed by atoms with Crippen LogP contribution in [0.5, 0.6) is 11.5 Å². The molecule has 0 spiro atoms. The van der Waals surface area contributed by atoms with Crippen LogP contribution in [0.2, 0.25) is 0 Å². The molecule has 1 heterocycles. The first-order valence-corrected chi connectivity index (χ1v) is 8.76. The topological polar surface area (TPSA) is 112 Å². The molecule has 2 aromatic carbocycles. The fraction of sp³-hybridized carbons (Fsp3) is 0.200. The van der Waals surface area contributed by atoms with E-state index in [0.717, 1.165) is 17.5 Å². The van der Waals surface area contributed by atoms with Gasteiger partial charge in [0.25, 0.3) is 0 Å². The van der Waals surface area contributed by atoms with E-state index in [1.807, 2.05) is 38.1 Å². The molecular formula is C20H21N5O3. The first-order chi connectivity index (χ1) is 13.6. The third-order valence-corrected chi connectivity index (χ3v) is 3.77. The van der Waals surface area contributed by atoms with Crippen LogP contribution in [0.15, 0.2) is 42.5 Å². The lowest BCUT2D eigenvalue weighted by atomic mass is 10.2. The van der Waals surface area contributed by atoms with Crippen molar-refractivity contribution in [3.63, 3.8) is 0 Å². The Morgan fingerprint density at radius 2 is 1.82 bits per heavy atom. The summed E-state index contributed by atoms with van der Waals surface area (Å²) in [5, 5.41) is 3.10. The van der Waals surface area contributed by atoms with Gasteiger partial charge in [0.05, 0.1) is 6.61 Å². The van der Waals surface area contributed by atoms with Crippen molar-refractivity contribution in [2.24, 2.45) is 0 Å². The van der Waals surface area contributed by atoms with E-state index in [-0.39, 0.29) is 12.6 Å². The second-order valence-electron chi connectivity index (χ2n) is 5.97. The molecule has 0 aliphatic carbocycles. The van der Waals surface area contributed by atoms with Gasteiger partial charge in [-0.2, -0.15) is 15.0 Å². The smallest absolute Gasteiger partial charge is 0.232 e. The number of aldehydes is 1. The Bertz CT molecular complexity index is 961. The lowest BCUT2D eigenvalue weighted by Crippen LogP contribution is -2.10. The molecule has 28 heavy (non-hydrogen) atoms. The first kappa shape index (κ1) is 19.1. The zero-order valence-electron chi connectivity index (χ0n) is 15.7. The summed E-state index contributed by atoms with van der Waals surface area (Å²) in [5.41, 5.74) is 8.30. The number of anilines is 3. The molecule has 0 amide bonds. The van der Waals surface area contributed by atoms with Crippen molar-refractivity contribution in [2.45, 2.75) is 20.5 Å². The molecule has 0 fully saturated rings. The van der Waals surface area contributed by atoms with Crippen LogP contribution in [0.3, 0.4) is 0 Å². The second kappa shape index (κ2) is 8.81. The molecule has 0 saturated carbocycles. The number of nitrogens with two attached hydrogens (primary N) is 1. The Kier molecular flexibility index (Phi) is 6.01. The molecule has 0 bridgehead atoms. The van der Waals surface area contributed by atoms with Crippen molar-refractivity contribution in [2.75, 3.05) is 17.7 Å². The SMILES string of the molecule is CCOc1cc(C=O)ccc1OCc1nc(N)nc(Nc2ccc(C)cc2)n1. The van der Waals surface area contributed by atoms with E-state index < -0.39 is 0 Å². The third-order valence-electron chi connectivity index (χ3n) is 3.77. The minimum Gasteiger partial charge on any atom is -0.490 e. The molecule has 0 radical (unpaired) electrons. The number of carbonyl (C=O) groups excluding carboxylic acids is 1. The predicted molar refractivity (Wildman–Crippen MR) is 106 cm³/mol. The van der Waals surface area contributed by atoms with E-state index in [9.17, 15) is 4.79 Å². The Hall–Kier alpha value is -3.68. The first-order valence-electron chi connectivity index (χ1n) is 8.76. The van der Waals surface area contributed by atoms with Gasteiger partial charge in [0.15, 0.2) is 17.3 Å². The molecule has 0 aliphatic heterocycles. The number of nitrogens with one attached hydrogen (secondary N) is 1. The number of ether oxygens (including phenoxy) is 2. The monoisotopic (exact) mass is 379 g/mol. The van der Waals surface area contributed by atoms with Crippen LogP contribution >= 0.6 is 0 Å². The highest BCUT2D eigenvalue weighted by Crippen LogP contribution is 2.28. The van der Waals surface area contributed by atoms with Crippen LogP contribution in [0, 0.1) is 6.92 Å². The number of aryl methyl sites for hydroxylation is 1. The Morgan fingerprint density at radius 3 is 2.54 bits per heavy atom. The normalized spacial score (nSPS) is 10.4. The average molecular weight is 379 g/mol. The number of benzene rings is 2. The van der Waals surface area contributed by atoms with Gasteiger partial charge < -0.3 is 20.5 Å². The fourth-order valence-corrected chi connectivity index (χ4v) is 2.45. The van der Waals surface area contributed by atoms with Crippen LogP contribution in [0.1, 0.15) is 28.7 Å². The molecule has 0 atom stereocenters. The summed E-state index contributed by atoms with van der Waals surface area (Å²) in [7, 11) is 0. The maximum absolute atomic E-state index is 11.0. The highest BCUT2D eigenvalue weighted by molar-refractivity contribution is 5.76. The number of nitrogen functional groups attached to an aromatic ring is 1. The second-order valence-corrected chi connectivity index (χ2v) is 5.97. The number of nitrogens with zero attached hydrogens (tertiary/aromatic N) is 3. The zero-order valence-corrected chi connectivity index (χ0v) is 15.7. The van der Waals surface area contributed by atoms with Gasteiger partial charge in [0.1, 0.15) is 12.9 Å². The molecule has 1 aromatic heterocycles. The van der Waals surface area contributed by atoms with Crippen molar-refractivity contribution in [1.82, 2.24) is 15.0 Å². The van der Waals surface area contributed by atoms with E-state index in [2.05, 4.69) is 20.3 Å². The van der Waals surface area contributed by atoms with Crippen molar-refractivity contribution in [1.29, 1.82) is 0 Å². The molecule has 0 saturated heterocycles. The molecular weight excluding hydrogens is 358 g/mol. The van der Waals surface area contributed by atoms with Gasteiger partial charge >= 0.3 is 0 Å². The van der Waals surface area contributed by atoms with Gasteiger partial charge in [-0.1, -0.05) is 17.7 Å². The minimum atomic E-state index is 0.0653. The molecule has 8 heteroatoms. The Balaban J connectivity index is 1.75. The minimum absolute atomic E-state index is 0.0653. The summed E-state index contributed by atoms with van der Waals surface area (Å²) in [6.45, 7) is 4.38. The fourth-order valence-electron chi connectivity index (χ4n) is 2.45. The summed E-state index contributed by atoms with van der Waals surface area (Å²) in [6.07, 6.45) is 0.752. The molecule has 8 nitrogen and oxygen atoms in total. The Morgan fingerprint density at radius 1 is 1.04 bits per heavy atom. The van der Waals surface area contributed by atoms with E-state index in [0.29, 0.717) is 35.4 Å². The molecule has 3 aromatic rings. The van der Waals surface area contributed by atoms with Crippen LogP contribution in [0.25, 0.3) is 0 Å². The maximum Gasteiger partial charge on any atom is 0.232 e. The van der Waals surface area contributed by atoms with Gasteiger partial charge in [-0.05, 0) is 44.2 Å². The van der Waals surface area contributed by atoms with Gasteiger partial charge in [-0.15, -0.1) is 0 Å². The number of hydrogen-bond donors (Lipinski definition) is 2. The number of aromatic nitrogens is 3. The van der Waals surface area contributed by atoms with Crippen LogP contribution in [0.4, 0.5) is 17.6 Å². The van der Waals surface area contributed by atoms with E-state index in [1.165, 1.54) is 0 Å². The quantitative estimate of drug-likeness (QED) is 0.573. The molecule has 0 aliphatic rings. The molecule has 3 N–H and O–H groups in total. The van der Waals surface area contributed by atoms with Crippen molar-refractivity contribution in [3.8, 4) is 11.5 Å². The van der Waals surface area contributed by atoms with Gasteiger partial charge in [0.2, 0.25) is 11.9 Å².